The van der Waals surface area contributed by atoms with Crippen LogP contribution in [0.1, 0.15) is 38.3 Å². The number of nitrogens with zero attached hydrogens (tertiary/aromatic N) is 2. The minimum absolute atomic E-state index is 0.0477. The molecule has 0 saturated carbocycles. The van der Waals surface area contributed by atoms with Gasteiger partial charge < -0.3 is 10.4 Å². The van der Waals surface area contributed by atoms with E-state index >= 15 is 0 Å². The number of aliphatic hydroxyl groups excluding tert-OH is 1. The number of pyridine rings is 2. The van der Waals surface area contributed by atoms with Gasteiger partial charge in [-0.25, -0.2) is 4.98 Å². The summed E-state index contributed by atoms with van der Waals surface area (Å²) in [5, 5.41) is 12.3. The van der Waals surface area contributed by atoms with Crippen molar-refractivity contribution in [3.8, 4) is 23.1 Å². The first kappa shape index (κ1) is 21.9. The van der Waals surface area contributed by atoms with Gasteiger partial charge in [-0.1, -0.05) is 24.0 Å². The maximum Gasteiger partial charge on any atom is 0.251 e. The molecule has 4 rings (SSSR count). The maximum atomic E-state index is 12.0. The third kappa shape index (κ3) is 5.29. The molecule has 4 aromatic rings. The van der Waals surface area contributed by atoms with Crippen LogP contribution in [-0.4, -0.2) is 40.4 Å². The number of carbonyl (C=O) groups is 2. The van der Waals surface area contributed by atoms with Crippen molar-refractivity contribution in [3.63, 3.8) is 0 Å². The van der Waals surface area contributed by atoms with Crippen molar-refractivity contribution in [2.75, 3.05) is 13.2 Å². The van der Waals surface area contributed by atoms with Gasteiger partial charge in [-0.05, 0) is 55.0 Å². The van der Waals surface area contributed by atoms with Gasteiger partial charge in [0, 0.05) is 58.7 Å². The minimum Gasteiger partial charge on any atom is -0.396 e. The minimum atomic E-state index is -0.171. The Hall–Kier alpha value is -4.34. The second-order valence-corrected chi connectivity index (χ2v) is 7.35. The van der Waals surface area contributed by atoms with Gasteiger partial charge in [0.2, 0.25) is 0 Å². The SMILES string of the molecule is O=Cc1cc(-c2ccc(C#Cc3ccc(C(=O)NCCCO)cc3)cc2)nc2ccncc12. The van der Waals surface area contributed by atoms with Crippen LogP contribution in [0, 0.1) is 11.8 Å². The molecule has 1 amide bonds. The molecule has 0 aliphatic rings. The third-order valence-electron chi connectivity index (χ3n) is 5.07. The van der Waals surface area contributed by atoms with Gasteiger partial charge >= 0.3 is 0 Å². The monoisotopic (exact) mass is 435 g/mol. The van der Waals surface area contributed by atoms with E-state index in [1.54, 1.807) is 48.8 Å². The number of hydrogen-bond donors (Lipinski definition) is 2. The van der Waals surface area contributed by atoms with Crippen LogP contribution in [0.2, 0.25) is 0 Å². The summed E-state index contributed by atoms with van der Waals surface area (Å²) in [6.45, 7) is 0.487. The first-order valence-corrected chi connectivity index (χ1v) is 10.5. The van der Waals surface area contributed by atoms with Gasteiger partial charge in [-0.15, -0.1) is 0 Å². The zero-order valence-corrected chi connectivity index (χ0v) is 17.8. The van der Waals surface area contributed by atoms with Crippen molar-refractivity contribution in [2.24, 2.45) is 0 Å². The fourth-order valence-electron chi connectivity index (χ4n) is 3.30. The van der Waals surface area contributed by atoms with Crippen LogP contribution in [0.3, 0.4) is 0 Å². The van der Waals surface area contributed by atoms with Crippen LogP contribution >= 0.6 is 0 Å². The quantitative estimate of drug-likeness (QED) is 0.274. The Labute approximate surface area is 191 Å². The Balaban J connectivity index is 1.48. The second kappa shape index (κ2) is 10.3. The summed E-state index contributed by atoms with van der Waals surface area (Å²) >= 11 is 0. The van der Waals surface area contributed by atoms with E-state index in [2.05, 4.69) is 27.1 Å². The lowest BCUT2D eigenvalue weighted by molar-refractivity contribution is 0.0951. The van der Waals surface area contributed by atoms with Gasteiger partial charge in [0.1, 0.15) is 0 Å². The van der Waals surface area contributed by atoms with E-state index in [0.717, 1.165) is 33.9 Å². The molecule has 162 valence electrons. The fourth-order valence-corrected chi connectivity index (χ4v) is 3.30. The third-order valence-corrected chi connectivity index (χ3v) is 5.07. The highest BCUT2D eigenvalue weighted by Gasteiger charge is 2.07. The average molecular weight is 435 g/mol. The molecule has 2 aromatic heterocycles. The molecule has 2 aromatic carbocycles. The van der Waals surface area contributed by atoms with Crippen molar-refractivity contribution in [1.82, 2.24) is 15.3 Å². The number of carbonyl (C=O) groups excluding carboxylic acids is 2. The van der Waals surface area contributed by atoms with Crippen LogP contribution in [-0.2, 0) is 0 Å². The number of hydrogen-bond acceptors (Lipinski definition) is 5. The lowest BCUT2D eigenvalue weighted by Crippen LogP contribution is -2.24. The molecule has 0 saturated heterocycles. The summed E-state index contributed by atoms with van der Waals surface area (Å²) in [7, 11) is 0. The predicted octanol–water partition coefficient (Wildman–Crippen LogP) is 3.62. The summed E-state index contributed by atoms with van der Waals surface area (Å²) in [5.74, 6) is 6.05. The van der Waals surface area contributed by atoms with E-state index in [1.807, 2.05) is 24.3 Å². The van der Waals surface area contributed by atoms with Crippen LogP contribution in [0.5, 0.6) is 0 Å². The number of rotatable bonds is 6. The summed E-state index contributed by atoms with van der Waals surface area (Å²) < 4.78 is 0. The number of fused-ring (bicyclic) bond motifs is 1. The highest BCUT2D eigenvalue weighted by Crippen LogP contribution is 2.23. The van der Waals surface area contributed by atoms with Crippen molar-refractivity contribution < 1.29 is 14.7 Å². The molecular formula is C27H21N3O3. The van der Waals surface area contributed by atoms with Crippen molar-refractivity contribution in [3.05, 3.63) is 95.3 Å². The lowest BCUT2D eigenvalue weighted by Gasteiger charge is -2.06. The summed E-state index contributed by atoms with van der Waals surface area (Å²) in [6, 6.07) is 18.3. The smallest absolute Gasteiger partial charge is 0.251 e. The number of aldehydes is 1. The molecule has 0 bridgehead atoms. The molecule has 33 heavy (non-hydrogen) atoms. The van der Waals surface area contributed by atoms with Gasteiger partial charge in [0.15, 0.2) is 6.29 Å². The topological polar surface area (TPSA) is 92.2 Å². The zero-order valence-electron chi connectivity index (χ0n) is 17.8. The maximum absolute atomic E-state index is 12.0. The molecule has 2 N–H and O–H groups in total. The first-order valence-electron chi connectivity index (χ1n) is 10.5. The highest BCUT2D eigenvalue weighted by molar-refractivity contribution is 5.97. The molecular weight excluding hydrogens is 414 g/mol. The van der Waals surface area contributed by atoms with Crippen LogP contribution in [0.25, 0.3) is 22.2 Å². The molecule has 6 nitrogen and oxygen atoms in total. The molecule has 0 aliphatic heterocycles. The van der Waals surface area contributed by atoms with Crippen molar-refractivity contribution in [2.45, 2.75) is 6.42 Å². The van der Waals surface area contributed by atoms with E-state index in [0.29, 0.717) is 29.8 Å². The van der Waals surface area contributed by atoms with E-state index in [1.165, 1.54) is 0 Å². The van der Waals surface area contributed by atoms with Crippen molar-refractivity contribution in [1.29, 1.82) is 0 Å². The number of aromatic nitrogens is 2. The fraction of sp³-hybridized carbons (Fsp3) is 0.111. The van der Waals surface area contributed by atoms with Gasteiger partial charge in [-0.2, -0.15) is 0 Å². The van der Waals surface area contributed by atoms with Gasteiger partial charge in [0.05, 0.1) is 11.2 Å². The molecule has 0 aliphatic carbocycles. The van der Waals surface area contributed by atoms with Crippen LogP contribution in [0.15, 0.2) is 73.1 Å². The van der Waals surface area contributed by atoms with Crippen molar-refractivity contribution >= 4 is 23.1 Å². The van der Waals surface area contributed by atoms with E-state index in [4.69, 9.17) is 5.11 Å². The van der Waals surface area contributed by atoms with Gasteiger partial charge in [0.25, 0.3) is 5.91 Å². The molecule has 0 spiro atoms. The highest BCUT2D eigenvalue weighted by atomic mass is 16.3. The molecule has 2 heterocycles. The molecule has 6 heteroatoms. The Morgan fingerprint density at radius 3 is 2.36 bits per heavy atom. The Kier molecular flexibility index (Phi) is 6.84. The second-order valence-electron chi connectivity index (χ2n) is 7.35. The number of nitrogens with one attached hydrogen (secondary N) is 1. The predicted molar refractivity (Wildman–Crippen MR) is 127 cm³/mol. The molecule has 0 unspecified atom stereocenters. The van der Waals surface area contributed by atoms with Crippen LogP contribution < -0.4 is 5.32 Å². The van der Waals surface area contributed by atoms with E-state index in [9.17, 15) is 9.59 Å². The first-order chi connectivity index (χ1) is 16.2. The Bertz CT molecular complexity index is 1350. The largest absolute Gasteiger partial charge is 0.396 e. The Morgan fingerprint density at radius 1 is 1.00 bits per heavy atom. The molecule has 0 radical (unpaired) electrons. The number of aliphatic hydroxyl groups is 1. The average Bonchev–Trinajstić information content (AvgIpc) is 2.87. The van der Waals surface area contributed by atoms with E-state index < -0.39 is 0 Å². The van der Waals surface area contributed by atoms with Gasteiger partial charge in [-0.3, -0.25) is 14.6 Å². The number of benzene rings is 2. The molecule has 0 atom stereocenters. The summed E-state index contributed by atoms with van der Waals surface area (Å²) in [6.07, 6.45) is 4.65. The molecule has 0 fully saturated rings. The number of amides is 1. The lowest BCUT2D eigenvalue weighted by atomic mass is 10.0. The van der Waals surface area contributed by atoms with E-state index in [-0.39, 0.29) is 12.5 Å². The summed E-state index contributed by atoms with van der Waals surface area (Å²) in [5.41, 5.74) is 5.06. The zero-order chi connectivity index (χ0) is 23.0. The summed E-state index contributed by atoms with van der Waals surface area (Å²) in [4.78, 5) is 32.2. The Morgan fingerprint density at radius 2 is 1.70 bits per heavy atom. The standard InChI is InChI=1S/C27H21N3O3/c31-15-1-13-29-27(33)22-10-6-20(7-11-22)3-2-19-4-8-21(9-5-19)26-16-23(18-32)24-17-28-14-12-25(24)30-26/h4-12,14,16-18,31H,1,13,15H2,(H,29,33). The van der Waals surface area contributed by atoms with Crippen LogP contribution in [0.4, 0.5) is 0 Å². The normalized spacial score (nSPS) is 10.3.